The average molecular weight is 423 g/mol. The van der Waals surface area contributed by atoms with E-state index in [0.717, 1.165) is 33.3 Å². The molecule has 0 spiro atoms. The Morgan fingerprint density at radius 3 is 2.35 bits per heavy atom. The monoisotopic (exact) mass is 422 g/mol. The SMILES string of the molecule is O=C(NCCSc1c(-c2ccccc2)[nH]c2ccccc12)c1cccc2ccccc12. The summed E-state index contributed by atoms with van der Waals surface area (Å²) in [5, 5.41) is 6.37. The van der Waals surface area contributed by atoms with E-state index in [1.807, 2.05) is 54.6 Å². The van der Waals surface area contributed by atoms with Crippen LogP contribution in [0.4, 0.5) is 0 Å². The van der Waals surface area contributed by atoms with Gasteiger partial charge in [0.1, 0.15) is 0 Å². The Morgan fingerprint density at radius 2 is 1.48 bits per heavy atom. The molecule has 0 saturated carbocycles. The molecule has 4 heteroatoms. The summed E-state index contributed by atoms with van der Waals surface area (Å²) in [5.41, 5.74) is 4.15. The van der Waals surface area contributed by atoms with Gasteiger partial charge in [0.15, 0.2) is 0 Å². The molecule has 1 amide bonds. The smallest absolute Gasteiger partial charge is 0.251 e. The van der Waals surface area contributed by atoms with Gasteiger partial charge in [-0.25, -0.2) is 0 Å². The topological polar surface area (TPSA) is 44.9 Å². The molecule has 31 heavy (non-hydrogen) atoms. The van der Waals surface area contributed by atoms with Gasteiger partial charge in [0, 0.05) is 33.7 Å². The van der Waals surface area contributed by atoms with Gasteiger partial charge in [0.05, 0.1) is 5.69 Å². The van der Waals surface area contributed by atoms with E-state index >= 15 is 0 Å². The lowest BCUT2D eigenvalue weighted by Gasteiger charge is -2.09. The van der Waals surface area contributed by atoms with Crippen LogP contribution in [0.25, 0.3) is 32.9 Å². The minimum atomic E-state index is -0.0281. The highest BCUT2D eigenvalue weighted by Crippen LogP contribution is 2.37. The van der Waals surface area contributed by atoms with Crippen molar-refractivity contribution in [1.29, 1.82) is 0 Å². The van der Waals surface area contributed by atoms with E-state index in [2.05, 4.69) is 52.8 Å². The molecule has 0 aliphatic carbocycles. The Bertz CT molecular complexity index is 1350. The normalized spacial score (nSPS) is 11.1. The van der Waals surface area contributed by atoms with E-state index in [-0.39, 0.29) is 5.91 Å². The number of benzene rings is 4. The molecule has 0 fully saturated rings. The maximum atomic E-state index is 12.8. The Hall–Kier alpha value is -3.50. The van der Waals surface area contributed by atoms with Crippen molar-refractivity contribution in [3.8, 4) is 11.3 Å². The largest absolute Gasteiger partial charge is 0.354 e. The van der Waals surface area contributed by atoms with Crippen LogP contribution in [0.5, 0.6) is 0 Å². The van der Waals surface area contributed by atoms with Crippen LogP contribution in [0.1, 0.15) is 10.4 Å². The van der Waals surface area contributed by atoms with Gasteiger partial charge in [-0.2, -0.15) is 0 Å². The molecule has 0 atom stereocenters. The number of fused-ring (bicyclic) bond motifs is 2. The molecule has 1 heterocycles. The number of amides is 1. The van der Waals surface area contributed by atoms with E-state index in [0.29, 0.717) is 6.54 Å². The van der Waals surface area contributed by atoms with Crippen LogP contribution in [0, 0.1) is 0 Å². The second-order valence-corrected chi connectivity index (χ2v) is 8.48. The summed E-state index contributed by atoms with van der Waals surface area (Å²) in [6, 6.07) is 32.6. The van der Waals surface area contributed by atoms with Gasteiger partial charge in [-0.1, -0.05) is 84.9 Å². The molecule has 5 aromatic rings. The fraction of sp³-hybridized carbons (Fsp3) is 0.0741. The van der Waals surface area contributed by atoms with E-state index in [1.165, 1.54) is 15.8 Å². The van der Waals surface area contributed by atoms with Crippen molar-refractivity contribution in [2.75, 3.05) is 12.3 Å². The van der Waals surface area contributed by atoms with Gasteiger partial charge in [-0.3, -0.25) is 4.79 Å². The first kappa shape index (κ1) is 19.5. The van der Waals surface area contributed by atoms with Crippen LogP contribution in [0.3, 0.4) is 0 Å². The number of carbonyl (C=O) groups is 1. The number of rotatable bonds is 6. The van der Waals surface area contributed by atoms with Crippen LogP contribution >= 0.6 is 11.8 Å². The molecule has 0 aliphatic rings. The Kier molecular flexibility index (Phi) is 5.46. The third-order valence-electron chi connectivity index (χ3n) is 5.39. The second kappa shape index (κ2) is 8.70. The number of hydrogen-bond acceptors (Lipinski definition) is 2. The molecular formula is C27H22N2OS. The van der Waals surface area contributed by atoms with Crippen LogP contribution in [0.2, 0.25) is 0 Å². The number of aromatic nitrogens is 1. The zero-order valence-electron chi connectivity index (χ0n) is 17.0. The maximum Gasteiger partial charge on any atom is 0.251 e. The zero-order valence-corrected chi connectivity index (χ0v) is 17.8. The maximum absolute atomic E-state index is 12.8. The summed E-state index contributed by atoms with van der Waals surface area (Å²) in [4.78, 5) is 17.6. The molecule has 2 N–H and O–H groups in total. The molecule has 1 aromatic heterocycles. The van der Waals surface area contributed by atoms with Crippen LogP contribution in [-0.4, -0.2) is 23.2 Å². The van der Waals surface area contributed by atoms with Gasteiger partial charge in [0.25, 0.3) is 5.91 Å². The Labute approximate surface area is 185 Å². The molecule has 0 bridgehead atoms. The standard InChI is InChI=1S/C27H22N2OS/c30-27(22-15-8-12-19-9-4-5-13-21(19)22)28-17-18-31-26-23-14-6-7-16-24(23)29-25(26)20-10-2-1-3-11-20/h1-16,29H,17-18H2,(H,28,30). The van der Waals surface area contributed by atoms with Crippen molar-refractivity contribution in [2.24, 2.45) is 0 Å². The van der Waals surface area contributed by atoms with Crippen molar-refractivity contribution in [3.63, 3.8) is 0 Å². The lowest BCUT2D eigenvalue weighted by atomic mass is 10.0. The van der Waals surface area contributed by atoms with Crippen LogP contribution in [0.15, 0.2) is 102 Å². The number of para-hydroxylation sites is 1. The van der Waals surface area contributed by atoms with Crippen LogP contribution in [-0.2, 0) is 0 Å². The summed E-state index contributed by atoms with van der Waals surface area (Å²) < 4.78 is 0. The first-order valence-corrected chi connectivity index (χ1v) is 11.3. The summed E-state index contributed by atoms with van der Waals surface area (Å²) in [7, 11) is 0. The highest BCUT2D eigenvalue weighted by molar-refractivity contribution is 7.99. The fourth-order valence-corrected chi connectivity index (χ4v) is 4.97. The van der Waals surface area contributed by atoms with Gasteiger partial charge < -0.3 is 10.3 Å². The first-order valence-electron chi connectivity index (χ1n) is 10.4. The average Bonchev–Trinajstić information content (AvgIpc) is 3.20. The van der Waals surface area contributed by atoms with Gasteiger partial charge in [-0.05, 0) is 28.5 Å². The zero-order chi connectivity index (χ0) is 21.0. The lowest BCUT2D eigenvalue weighted by molar-refractivity contribution is 0.0958. The summed E-state index contributed by atoms with van der Waals surface area (Å²) in [6.07, 6.45) is 0. The van der Waals surface area contributed by atoms with Gasteiger partial charge >= 0.3 is 0 Å². The van der Waals surface area contributed by atoms with Crippen molar-refractivity contribution < 1.29 is 4.79 Å². The first-order chi connectivity index (χ1) is 15.3. The minimum absolute atomic E-state index is 0.0281. The second-order valence-electron chi connectivity index (χ2n) is 7.37. The molecule has 5 rings (SSSR count). The van der Waals surface area contributed by atoms with Crippen molar-refractivity contribution >= 4 is 39.3 Å². The molecule has 0 saturated heterocycles. The lowest BCUT2D eigenvalue weighted by Crippen LogP contribution is -2.25. The molecular weight excluding hydrogens is 400 g/mol. The summed E-state index contributed by atoms with van der Waals surface area (Å²) >= 11 is 1.77. The van der Waals surface area contributed by atoms with E-state index in [9.17, 15) is 4.79 Å². The van der Waals surface area contributed by atoms with Gasteiger partial charge in [-0.15, -0.1) is 11.8 Å². The minimum Gasteiger partial charge on any atom is -0.354 e. The van der Waals surface area contributed by atoms with Crippen molar-refractivity contribution in [1.82, 2.24) is 10.3 Å². The van der Waals surface area contributed by atoms with Crippen molar-refractivity contribution in [2.45, 2.75) is 4.90 Å². The highest BCUT2D eigenvalue weighted by Gasteiger charge is 2.14. The van der Waals surface area contributed by atoms with E-state index < -0.39 is 0 Å². The van der Waals surface area contributed by atoms with Crippen molar-refractivity contribution in [3.05, 3.63) is 103 Å². The highest BCUT2D eigenvalue weighted by atomic mass is 32.2. The van der Waals surface area contributed by atoms with E-state index in [4.69, 9.17) is 0 Å². The predicted molar refractivity (Wildman–Crippen MR) is 131 cm³/mol. The molecule has 4 aromatic carbocycles. The van der Waals surface area contributed by atoms with Gasteiger partial charge in [0.2, 0.25) is 0 Å². The molecule has 0 radical (unpaired) electrons. The molecule has 152 valence electrons. The Morgan fingerprint density at radius 1 is 0.774 bits per heavy atom. The number of carbonyl (C=O) groups excluding carboxylic acids is 1. The summed E-state index contributed by atoms with van der Waals surface area (Å²) in [6.45, 7) is 0.598. The number of thioether (sulfide) groups is 1. The van der Waals surface area contributed by atoms with Crippen LogP contribution < -0.4 is 5.32 Å². The number of nitrogens with one attached hydrogen (secondary N) is 2. The molecule has 3 nitrogen and oxygen atoms in total. The van der Waals surface area contributed by atoms with E-state index in [1.54, 1.807) is 11.8 Å². The number of aromatic amines is 1. The number of H-pyrrole nitrogens is 1. The Balaban J connectivity index is 1.32. The molecule has 0 aliphatic heterocycles. The molecule has 0 unspecified atom stereocenters. The third kappa shape index (κ3) is 3.94. The number of hydrogen-bond donors (Lipinski definition) is 2. The fourth-order valence-electron chi connectivity index (χ4n) is 3.91. The third-order valence-corrected chi connectivity index (χ3v) is 6.51. The summed E-state index contributed by atoms with van der Waals surface area (Å²) in [5.74, 6) is 0.762. The quantitative estimate of drug-likeness (QED) is 0.242. The predicted octanol–water partition coefficient (Wildman–Crippen LogP) is 6.51.